The summed E-state index contributed by atoms with van der Waals surface area (Å²) in [5.41, 5.74) is 2.14. The van der Waals surface area contributed by atoms with Gasteiger partial charge in [0.05, 0.1) is 7.11 Å². The maximum atomic E-state index is 12.9. The Balaban J connectivity index is 1.66. The van der Waals surface area contributed by atoms with Crippen LogP contribution in [0.5, 0.6) is 5.75 Å². The smallest absolute Gasteiger partial charge is 0.252 e. The van der Waals surface area contributed by atoms with E-state index in [4.69, 9.17) is 9.15 Å². The Kier molecular flexibility index (Phi) is 5.33. The molecule has 3 aromatic carbocycles. The number of methoxy groups -OCH3 is 1. The lowest BCUT2D eigenvalue weighted by Crippen LogP contribution is -2.29. The van der Waals surface area contributed by atoms with Gasteiger partial charge in [-0.15, -0.1) is 10.2 Å². The van der Waals surface area contributed by atoms with Crippen molar-refractivity contribution >= 4 is 5.91 Å². The Bertz CT molecular complexity index is 1090. The minimum atomic E-state index is -0.583. The molecule has 0 unspecified atom stereocenters. The third-order valence-electron chi connectivity index (χ3n) is 4.45. The number of carbonyl (C=O) groups is 1. The fourth-order valence-corrected chi connectivity index (χ4v) is 2.96. The minimum absolute atomic E-state index is 0.266. The quantitative estimate of drug-likeness (QED) is 0.536. The number of nitrogens with one attached hydrogen (secondary N) is 1. The zero-order valence-corrected chi connectivity index (χ0v) is 15.8. The molecular weight excluding hydrogens is 366 g/mol. The van der Waals surface area contributed by atoms with E-state index >= 15 is 0 Å². The highest BCUT2D eigenvalue weighted by Crippen LogP contribution is 2.25. The molecule has 1 amide bonds. The van der Waals surface area contributed by atoms with E-state index in [0.29, 0.717) is 23.1 Å². The molecule has 0 aliphatic carbocycles. The number of hydrogen-bond acceptors (Lipinski definition) is 5. The van der Waals surface area contributed by atoms with Crippen molar-refractivity contribution in [1.82, 2.24) is 15.5 Å². The molecule has 0 saturated carbocycles. The Morgan fingerprint density at radius 1 is 0.931 bits per heavy atom. The summed E-state index contributed by atoms with van der Waals surface area (Å²) in [4.78, 5) is 12.9. The molecular formula is C23H19N3O3. The van der Waals surface area contributed by atoms with Crippen molar-refractivity contribution in [1.29, 1.82) is 0 Å². The zero-order chi connectivity index (χ0) is 20.1. The summed E-state index contributed by atoms with van der Waals surface area (Å²) in [6.07, 6.45) is 0. The van der Waals surface area contributed by atoms with E-state index < -0.39 is 6.04 Å². The van der Waals surface area contributed by atoms with E-state index in [-0.39, 0.29) is 5.91 Å². The fraction of sp³-hybridized carbons (Fsp3) is 0.0870. The topological polar surface area (TPSA) is 77.2 Å². The average Bonchev–Trinajstić information content (AvgIpc) is 3.28. The fourth-order valence-electron chi connectivity index (χ4n) is 2.96. The summed E-state index contributed by atoms with van der Waals surface area (Å²) in [6.45, 7) is 0. The third kappa shape index (κ3) is 4.16. The highest BCUT2D eigenvalue weighted by Gasteiger charge is 2.24. The number of ether oxygens (including phenoxy) is 1. The summed E-state index contributed by atoms with van der Waals surface area (Å²) >= 11 is 0. The van der Waals surface area contributed by atoms with Crippen LogP contribution in [-0.2, 0) is 0 Å². The normalized spacial score (nSPS) is 11.6. The van der Waals surface area contributed by atoms with Crippen LogP contribution >= 0.6 is 0 Å². The van der Waals surface area contributed by atoms with Crippen LogP contribution in [0.25, 0.3) is 11.5 Å². The first-order valence-electron chi connectivity index (χ1n) is 9.13. The standard InChI is InChI=1S/C23H19N3O3/c1-28-19-14-8-13-18(15-19)21(27)24-20(16-9-4-2-5-10-16)23-26-25-22(29-23)17-11-6-3-7-12-17/h2-15,20H,1H3,(H,24,27)/t20-/m1/s1. The lowest BCUT2D eigenvalue weighted by molar-refractivity contribution is 0.0937. The van der Waals surface area contributed by atoms with Gasteiger partial charge in [0.15, 0.2) is 0 Å². The first-order valence-corrected chi connectivity index (χ1v) is 9.13. The molecule has 0 fully saturated rings. The number of hydrogen-bond donors (Lipinski definition) is 1. The lowest BCUT2D eigenvalue weighted by Gasteiger charge is -2.16. The molecule has 0 aliphatic heterocycles. The number of amides is 1. The van der Waals surface area contributed by atoms with Gasteiger partial charge in [-0.1, -0.05) is 54.6 Å². The molecule has 0 aliphatic rings. The largest absolute Gasteiger partial charge is 0.497 e. The second-order valence-corrected chi connectivity index (χ2v) is 6.36. The van der Waals surface area contributed by atoms with Gasteiger partial charge in [-0.2, -0.15) is 0 Å². The Morgan fingerprint density at radius 3 is 2.38 bits per heavy atom. The van der Waals surface area contributed by atoms with Crippen LogP contribution in [0.3, 0.4) is 0 Å². The monoisotopic (exact) mass is 385 g/mol. The van der Waals surface area contributed by atoms with Crippen molar-refractivity contribution in [2.45, 2.75) is 6.04 Å². The maximum absolute atomic E-state index is 12.9. The van der Waals surface area contributed by atoms with E-state index in [1.54, 1.807) is 31.4 Å². The van der Waals surface area contributed by atoms with Crippen LogP contribution in [0.2, 0.25) is 0 Å². The molecule has 6 heteroatoms. The number of nitrogens with zero attached hydrogens (tertiary/aromatic N) is 2. The van der Waals surface area contributed by atoms with Crippen molar-refractivity contribution in [3.8, 4) is 17.2 Å². The Morgan fingerprint density at radius 2 is 1.66 bits per heavy atom. The van der Waals surface area contributed by atoms with E-state index in [9.17, 15) is 4.79 Å². The highest BCUT2D eigenvalue weighted by molar-refractivity contribution is 5.95. The number of benzene rings is 3. The third-order valence-corrected chi connectivity index (χ3v) is 4.45. The summed E-state index contributed by atoms with van der Waals surface area (Å²) < 4.78 is 11.1. The zero-order valence-electron chi connectivity index (χ0n) is 15.8. The minimum Gasteiger partial charge on any atom is -0.497 e. The molecule has 1 atom stereocenters. The van der Waals surface area contributed by atoms with Crippen molar-refractivity contribution in [2.75, 3.05) is 7.11 Å². The summed E-state index contributed by atoms with van der Waals surface area (Å²) in [6, 6.07) is 25.4. The van der Waals surface area contributed by atoms with E-state index in [1.165, 1.54) is 0 Å². The molecule has 4 aromatic rings. The molecule has 4 rings (SSSR count). The first-order chi connectivity index (χ1) is 14.2. The Hall–Kier alpha value is -3.93. The van der Waals surface area contributed by atoms with E-state index in [2.05, 4.69) is 15.5 Å². The molecule has 144 valence electrons. The van der Waals surface area contributed by atoms with Crippen molar-refractivity contribution in [2.24, 2.45) is 0 Å². The average molecular weight is 385 g/mol. The molecule has 29 heavy (non-hydrogen) atoms. The number of rotatable bonds is 6. The summed E-state index contributed by atoms with van der Waals surface area (Å²) in [5, 5.41) is 11.3. The van der Waals surface area contributed by atoms with Gasteiger partial charge in [-0.25, -0.2) is 0 Å². The molecule has 1 aromatic heterocycles. The van der Waals surface area contributed by atoms with Crippen LogP contribution < -0.4 is 10.1 Å². The molecule has 1 heterocycles. The van der Waals surface area contributed by atoms with Gasteiger partial charge in [0.2, 0.25) is 11.8 Å². The van der Waals surface area contributed by atoms with Gasteiger partial charge in [-0.05, 0) is 35.9 Å². The first kappa shape index (κ1) is 18.4. The van der Waals surface area contributed by atoms with Gasteiger partial charge >= 0.3 is 0 Å². The molecule has 0 bridgehead atoms. The molecule has 1 N–H and O–H groups in total. The van der Waals surface area contributed by atoms with Gasteiger partial charge in [0.1, 0.15) is 11.8 Å². The number of aromatic nitrogens is 2. The van der Waals surface area contributed by atoms with Gasteiger partial charge < -0.3 is 14.5 Å². The van der Waals surface area contributed by atoms with Crippen molar-refractivity contribution in [3.05, 3.63) is 102 Å². The maximum Gasteiger partial charge on any atom is 0.252 e. The highest BCUT2D eigenvalue weighted by atomic mass is 16.5. The summed E-state index contributed by atoms with van der Waals surface area (Å²) in [5.74, 6) is 1.05. The van der Waals surface area contributed by atoms with E-state index in [1.807, 2.05) is 60.7 Å². The van der Waals surface area contributed by atoms with Crippen LogP contribution in [0.15, 0.2) is 89.3 Å². The predicted molar refractivity (Wildman–Crippen MR) is 108 cm³/mol. The summed E-state index contributed by atoms with van der Waals surface area (Å²) in [7, 11) is 1.56. The molecule has 0 saturated heterocycles. The molecule has 0 radical (unpaired) electrons. The van der Waals surface area contributed by atoms with Gasteiger partial charge in [0, 0.05) is 11.1 Å². The van der Waals surface area contributed by atoms with Crippen LogP contribution in [0.1, 0.15) is 27.9 Å². The second kappa shape index (κ2) is 8.39. The van der Waals surface area contributed by atoms with Crippen molar-refractivity contribution < 1.29 is 13.9 Å². The Labute approximate surface area is 168 Å². The van der Waals surface area contributed by atoms with Crippen molar-refractivity contribution in [3.63, 3.8) is 0 Å². The lowest BCUT2D eigenvalue weighted by atomic mass is 10.1. The van der Waals surface area contributed by atoms with E-state index in [0.717, 1.165) is 11.1 Å². The SMILES string of the molecule is COc1cccc(C(=O)N[C@H](c2ccccc2)c2nnc(-c3ccccc3)o2)c1. The number of carbonyl (C=O) groups excluding carboxylic acids is 1. The van der Waals surface area contributed by atoms with Crippen LogP contribution in [0.4, 0.5) is 0 Å². The second-order valence-electron chi connectivity index (χ2n) is 6.36. The van der Waals surface area contributed by atoms with Gasteiger partial charge in [0.25, 0.3) is 5.91 Å². The van der Waals surface area contributed by atoms with Crippen LogP contribution in [-0.4, -0.2) is 23.2 Å². The van der Waals surface area contributed by atoms with Gasteiger partial charge in [-0.3, -0.25) is 4.79 Å². The molecule has 0 spiro atoms. The molecule has 6 nitrogen and oxygen atoms in total. The predicted octanol–water partition coefficient (Wildman–Crippen LogP) is 4.26. The van der Waals surface area contributed by atoms with Crippen LogP contribution in [0, 0.1) is 0 Å².